The summed E-state index contributed by atoms with van der Waals surface area (Å²) in [5.74, 6) is -3.35. The van der Waals surface area contributed by atoms with Gasteiger partial charge in [-0.05, 0) is 79.1 Å². The molecule has 0 aromatic rings. The molecule has 0 aliphatic carbocycles. The van der Waals surface area contributed by atoms with Crippen molar-refractivity contribution in [2.24, 2.45) is 22.7 Å². The summed E-state index contributed by atoms with van der Waals surface area (Å²) in [4.78, 5) is 47.0. The van der Waals surface area contributed by atoms with Crippen molar-refractivity contribution < 1.29 is 38.9 Å². The van der Waals surface area contributed by atoms with Gasteiger partial charge in [0.15, 0.2) is 10.8 Å². The van der Waals surface area contributed by atoms with E-state index >= 15 is 0 Å². The summed E-state index contributed by atoms with van der Waals surface area (Å²) in [5, 5.41) is 18.2. The fourth-order valence-corrected chi connectivity index (χ4v) is 3.58. The molecule has 0 aliphatic rings. The fraction of sp³-hybridized carbons (Fsp3) is 0.846. The van der Waals surface area contributed by atoms with Crippen molar-refractivity contribution in [2.45, 2.75) is 120 Å². The van der Waals surface area contributed by atoms with E-state index in [1.807, 2.05) is 27.7 Å². The number of esters is 2. The van der Waals surface area contributed by atoms with E-state index in [0.29, 0.717) is 12.8 Å². The average Bonchev–Trinajstić information content (AvgIpc) is 2.58. The van der Waals surface area contributed by atoms with Crippen LogP contribution in [0.4, 0.5) is 0 Å². The largest absolute Gasteiger partial charge is 0.480 e. The van der Waals surface area contributed by atoms with Gasteiger partial charge in [-0.1, -0.05) is 41.5 Å². The summed E-state index contributed by atoms with van der Waals surface area (Å²) in [5.41, 5.74) is -4.06. The highest BCUT2D eigenvalue weighted by atomic mass is 16.6. The van der Waals surface area contributed by atoms with Crippen LogP contribution in [0.3, 0.4) is 0 Å². The lowest BCUT2D eigenvalue weighted by Crippen LogP contribution is -2.46. The van der Waals surface area contributed by atoms with Gasteiger partial charge in [-0.25, -0.2) is 0 Å². The Kier molecular flexibility index (Phi) is 13.1. The molecule has 0 rings (SSSR count). The van der Waals surface area contributed by atoms with Crippen LogP contribution in [-0.4, -0.2) is 45.3 Å². The summed E-state index contributed by atoms with van der Waals surface area (Å²) in [6.07, 6.45) is 1.09. The molecule has 0 radical (unpaired) electrons. The molecular weight excluding hydrogens is 440 g/mol. The van der Waals surface area contributed by atoms with E-state index in [-0.39, 0.29) is 24.7 Å². The molecular formula is C26H48O8. The second kappa shape index (κ2) is 13.1. The van der Waals surface area contributed by atoms with Crippen molar-refractivity contribution >= 4 is 23.9 Å². The van der Waals surface area contributed by atoms with E-state index in [0.717, 1.165) is 0 Å². The predicted molar refractivity (Wildman–Crippen MR) is 131 cm³/mol. The summed E-state index contributed by atoms with van der Waals surface area (Å²) in [6, 6.07) is 0. The average molecular weight is 489 g/mol. The van der Waals surface area contributed by atoms with Crippen LogP contribution < -0.4 is 0 Å². The van der Waals surface area contributed by atoms with Gasteiger partial charge in [-0.3, -0.25) is 19.2 Å². The number of carboxylic acids is 2. The van der Waals surface area contributed by atoms with Crippen LogP contribution in [-0.2, 0) is 28.7 Å². The van der Waals surface area contributed by atoms with E-state index in [9.17, 15) is 19.2 Å². The summed E-state index contributed by atoms with van der Waals surface area (Å²) < 4.78 is 10.8. The molecule has 34 heavy (non-hydrogen) atoms. The highest BCUT2D eigenvalue weighted by Crippen LogP contribution is 2.35. The fourth-order valence-electron chi connectivity index (χ4n) is 3.58. The number of rotatable bonds is 10. The van der Waals surface area contributed by atoms with Crippen LogP contribution in [0.1, 0.15) is 109 Å². The van der Waals surface area contributed by atoms with Gasteiger partial charge in [-0.15, -0.1) is 0 Å². The zero-order chi connectivity index (χ0) is 27.7. The molecule has 0 atom stereocenters. The number of aliphatic carboxylic acids is 2. The smallest absolute Gasteiger partial charge is 0.323 e. The summed E-state index contributed by atoms with van der Waals surface area (Å²) >= 11 is 0. The van der Waals surface area contributed by atoms with E-state index < -0.39 is 45.9 Å². The van der Waals surface area contributed by atoms with Crippen molar-refractivity contribution in [3.8, 4) is 0 Å². The molecule has 8 heteroatoms. The van der Waals surface area contributed by atoms with Gasteiger partial charge in [0, 0.05) is 0 Å². The molecule has 0 bridgehead atoms. The van der Waals surface area contributed by atoms with Gasteiger partial charge >= 0.3 is 23.9 Å². The highest BCUT2D eigenvalue weighted by Gasteiger charge is 2.48. The van der Waals surface area contributed by atoms with Crippen LogP contribution in [0.5, 0.6) is 0 Å². The molecule has 0 aromatic carbocycles. The third-order valence-electron chi connectivity index (χ3n) is 5.12. The number of hydrogen-bond acceptors (Lipinski definition) is 6. The molecule has 0 fully saturated rings. The minimum Gasteiger partial charge on any atom is -0.480 e. The zero-order valence-corrected chi connectivity index (χ0v) is 23.3. The van der Waals surface area contributed by atoms with Crippen LogP contribution >= 0.6 is 0 Å². The zero-order valence-electron chi connectivity index (χ0n) is 23.3. The first kappa shape index (κ1) is 34.0. The quantitative estimate of drug-likeness (QED) is 0.296. The Morgan fingerprint density at radius 3 is 1.03 bits per heavy atom. The van der Waals surface area contributed by atoms with Crippen LogP contribution in [0.15, 0.2) is 0 Å². The lowest BCUT2D eigenvalue weighted by molar-refractivity contribution is -0.186. The summed E-state index contributed by atoms with van der Waals surface area (Å²) in [7, 11) is 0. The van der Waals surface area contributed by atoms with Gasteiger partial charge in [0.2, 0.25) is 0 Å². The van der Waals surface area contributed by atoms with Crippen molar-refractivity contribution in [3.05, 3.63) is 0 Å². The number of carbonyl (C=O) groups is 4. The SMILES string of the molecule is CC(C)CC(CC(C)C)(C(=O)O)C(=O)O.CCC(CC)(C(=O)OC(C)(C)C)C(=O)OC(C)(C)C. The van der Waals surface area contributed by atoms with Gasteiger partial charge < -0.3 is 19.7 Å². The van der Waals surface area contributed by atoms with Crippen molar-refractivity contribution in [1.29, 1.82) is 0 Å². The molecule has 200 valence electrons. The Labute approximate surface area is 205 Å². The van der Waals surface area contributed by atoms with Crippen LogP contribution in [0.2, 0.25) is 0 Å². The van der Waals surface area contributed by atoms with Crippen LogP contribution in [0, 0.1) is 22.7 Å². The normalized spacial score (nSPS) is 12.6. The lowest BCUT2D eigenvalue weighted by atomic mass is 9.74. The third-order valence-corrected chi connectivity index (χ3v) is 5.12. The van der Waals surface area contributed by atoms with E-state index in [2.05, 4.69) is 0 Å². The van der Waals surface area contributed by atoms with Crippen molar-refractivity contribution in [1.82, 2.24) is 0 Å². The molecule has 8 nitrogen and oxygen atoms in total. The maximum absolute atomic E-state index is 12.3. The lowest BCUT2D eigenvalue weighted by Gasteiger charge is -2.33. The van der Waals surface area contributed by atoms with Crippen LogP contribution in [0.25, 0.3) is 0 Å². The topological polar surface area (TPSA) is 127 Å². The number of carboxylic acid groups (broad SMARTS) is 2. The minimum atomic E-state index is -1.62. The Hall–Kier alpha value is -2.12. The first-order chi connectivity index (χ1) is 15.1. The molecule has 0 aliphatic heterocycles. The molecule has 0 unspecified atom stereocenters. The van der Waals surface area contributed by atoms with Gasteiger partial charge in [0.1, 0.15) is 11.2 Å². The Morgan fingerprint density at radius 2 is 0.882 bits per heavy atom. The van der Waals surface area contributed by atoms with E-state index in [1.54, 1.807) is 55.4 Å². The standard InChI is InChI=1S/C15H28O4.C11H20O4/c1-9-15(10-2,11(16)18-13(3,4)5)12(17)19-14(6,7)8;1-7(2)5-11(9(12)13,10(14)15)6-8(3)4/h9-10H2,1-8H3;7-8H,5-6H2,1-4H3,(H,12,13)(H,14,15). The second-order valence-electron chi connectivity index (χ2n) is 11.7. The molecule has 0 saturated carbocycles. The predicted octanol–water partition coefficient (Wildman–Crippen LogP) is 5.71. The van der Waals surface area contributed by atoms with Gasteiger partial charge in [0.25, 0.3) is 0 Å². The van der Waals surface area contributed by atoms with E-state index in [4.69, 9.17) is 19.7 Å². The first-order valence-corrected chi connectivity index (χ1v) is 12.0. The van der Waals surface area contributed by atoms with Gasteiger partial charge in [0.05, 0.1) is 0 Å². The van der Waals surface area contributed by atoms with Gasteiger partial charge in [-0.2, -0.15) is 0 Å². The maximum Gasteiger partial charge on any atom is 0.323 e. The van der Waals surface area contributed by atoms with E-state index in [1.165, 1.54) is 0 Å². The Balaban J connectivity index is 0. The van der Waals surface area contributed by atoms with Crippen molar-refractivity contribution in [3.63, 3.8) is 0 Å². The molecule has 0 spiro atoms. The second-order valence-corrected chi connectivity index (χ2v) is 11.7. The number of carbonyl (C=O) groups excluding carboxylic acids is 2. The number of ether oxygens (including phenoxy) is 2. The molecule has 0 amide bonds. The Bertz CT molecular complexity index is 633. The Morgan fingerprint density at radius 1 is 0.618 bits per heavy atom. The molecule has 0 heterocycles. The number of hydrogen-bond donors (Lipinski definition) is 2. The molecule has 0 aromatic heterocycles. The molecule has 0 saturated heterocycles. The van der Waals surface area contributed by atoms with Crippen molar-refractivity contribution in [2.75, 3.05) is 0 Å². The minimum absolute atomic E-state index is 0.0518. The third kappa shape index (κ3) is 10.9. The molecule has 2 N–H and O–H groups in total. The first-order valence-electron chi connectivity index (χ1n) is 12.0. The maximum atomic E-state index is 12.3. The summed E-state index contributed by atoms with van der Waals surface area (Å²) in [6.45, 7) is 21.7. The highest BCUT2D eigenvalue weighted by molar-refractivity contribution is 6.00. The monoisotopic (exact) mass is 488 g/mol.